The molecule has 0 saturated carbocycles. The summed E-state index contributed by atoms with van der Waals surface area (Å²) < 4.78 is 39.2. The van der Waals surface area contributed by atoms with Crippen molar-refractivity contribution in [2.24, 2.45) is 10.7 Å². The molecule has 12 heteroatoms. The number of para-hydroxylation sites is 1. The standard InChI is InChI=1S/C24H15Cl3F3N3O3/c25-14-3-1-2-4-17(14)32-18(11-19(31)24(28,29)30)12-5-7-13(8-6-12)22(34)33-21-16(27)10-9-15(26)20(21)23(35)36/h1-11H,31H2,(H,33,34)(H,35,36). The van der Waals surface area contributed by atoms with E-state index in [-0.39, 0.29) is 43.3 Å². The van der Waals surface area contributed by atoms with Gasteiger partial charge in [-0.25, -0.2) is 9.79 Å². The van der Waals surface area contributed by atoms with Crippen LogP contribution < -0.4 is 11.1 Å². The highest BCUT2D eigenvalue weighted by molar-refractivity contribution is 6.39. The molecule has 0 unspecified atom stereocenters. The number of nitrogens with zero attached hydrogens (tertiary/aromatic N) is 1. The summed E-state index contributed by atoms with van der Waals surface area (Å²) in [5.74, 6) is -2.13. The fourth-order valence-electron chi connectivity index (χ4n) is 2.94. The summed E-state index contributed by atoms with van der Waals surface area (Å²) in [4.78, 5) is 28.5. The van der Waals surface area contributed by atoms with Crippen LogP contribution in [-0.4, -0.2) is 28.9 Å². The molecule has 0 spiro atoms. The van der Waals surface area contributed by atoms with Gasteiger partial charge in [0.25, 0.3) is 5.91 Å². The van der Waals surface area contributed by atoms with Crippen molar-refractivity contribution in [1.29, 1.82) is 0 Å². The largest absolute Gasteiger partial charge is 0.478 e. The quantitative estimate of drug-likeness (QED) is 0.281. The summed E-state index contributed by atoms with van der Waals surface area (Å²) in [6.07, 6.45) is -4.14. The highest BCUT2D eigenvalue weighted by Crippen LogP contribution is 2.32. The van der Waals surface area contributed by atoms with Crippen LogP contribution in [0.3, 0.4) is 0 Å². The maximum absolute atomic E-state index is 13.1. The van der Waals surface area contributed by atoms with Gasteiger partial charge >= 0.3 is 12.1 Å². The van der Waals surface area contributed by atoms with E-state index in [1.165, 1.54) is 48.5 Å². The molecule has 0 aliphatic heterocycles. The number of alkyl halides is 3. The van der Waals surface area contributed by atoms with Gasteiger partial charge in [0, 0.05) is 11.1 Å². The third kappa shape index (κ3) is 6.37. The van der Waals surface area contributed by atoms with Crippen LogP contribution in [0.4, 0.5) is 24.5 Å². The molecule has 3 aromatic carbocycles. The first-order valence-electron chi connectivity index (χ1n) is 9.89. The van der Waals surface area contributed by atoms with Crippen LogP contribution in [0.15, 0.2) is 77.4 Å². The van der Waals surface area contributed by atoms with E-state index in [0.29, 0.717) is 6.08 Å². The lowest BCUT2D eigenvalue weighted by Crippen LogP contribution is -2.21. The van der Waals surface area contributed by atoms with Crippen molar-refractivity contribution < 1.29 is 27.9 Å². The van der Waals surface area contributed by atoms with E-state index in [9.17, 15) is 27.9 Å². The Morgan fingerprint density at radius 2 is 1.47 bits per heavy atom. The molecule has 186 valence electrons. The van der Waals surface area contributed by atoms with Gasteiger partial charge in [-0.1, -0.05) is 59.1 Å². The number of carbonyl (C=O) groups excluding carboxylic acids is 1. The lowest BCUT2D eigenvalue weighted by Gasteiger charge is -2.12. The summed E-state index contributed by atoms with van der Waals surface area (Å²) in [7, 11) is 0. The van der Waals surface area contributed by atoms with Gasteiger partial charge in [-0.3, -0.25) is 4.79 Å². The smallest absolute Gasteiger partial charge is 0.430 e. The highest BCUT2D eigenvalue weighted by Gasteiger charge is 2.32. The van der Waals surface area contributed by atoms with Gasteiger partial charge in [0.1, 0.15) is 11.3 Å². The van der Waals surface area contributed by atoms with Crippen molar-refractivity contribution in [3.8, 4) is 0 Å². The van der Waals surface area contributed by atoms with Crippen molar-refractivity contribution in [2.45, 2.75) is 6.18 Å². The third-order valence-corrected chi connectivity index (χ3v) is 5.66. The molecule has 0 radical (unpaired) electrons. The average molecular weight is 557 g/mol. The third-order valence-electron chi connectivity index (χ3n) is 4.71. The second-order valence-electron chi connectivity index (χ2n) is 7.16. The van der Waals surface area contributed by atoms with Gasteiger partial charge in [-0.15, -0.1) is 0 Å². The minimum Gasteiger partial charge on any atom is -0.478 e. The van der Waals surface area contributed by atoms with Crippen molar-refractivity contribution in [3.63, 3.8) is 0 Å². The van der Waals surface area contributed by atoms with Gasteiger partial charge in [0.15, 0.2) is 0 Å². The number of carboxylic acid groups (broad SMARTS) is 1. The SMILES string of the molecule is NC(=CC(=Nc1ccccc1Cl)c1ccc(C(=O)Nc2c(Cl)ccc(Cl)c2C(=O)O)cc1)C(F)(F)F. The molecule has 0 bridgehead atoms. The molecule has 0 atom stereocenters. The molecule has 6 nitrogen and oxygen atoms in total. The summed E-state index contributed by atoms with van der Waals surface area (Å²) >= 11 is 18.1. The maximum Gasteiger partial charge on any atom is 0.430 e. The number of halogens is 6. The second-order valence-corrected chi connectivity index (χ2v) is 8.38. The van der Waals surface area contributed by atoms with Crippen LogP contribution in [-0.2, 0) is 0 Å². The summed E-state index contributed by atoms with van der Waals surface area (Å²) in [6, 6.07) is 14.2. The molecule has 0 heterocycles. The summed E-state index contributed by atoms with van der Waals surface area (Å²) in [6.45, 7) is 0. The van der Waals surface area contributed by atoms with Crippen LogP contribution in [0.1, 0.15) is 26.3 Å². The number of allylic oxidation sites excluding steroid dienone is 2. The van der Waals surface area contributed by atoms with Crippen LogP contribution in [0.25, 0.3) is 0 Å². The zero-order chi connectivity index (χ0) is 26.6. The first kappa shape index (κ1) is 27.1. The number of aliphatic imine (C=N–C) groups is 1. The van der Waals surface area contributed by atoms with Gasteiger partial charge < -0.3 is 16.2 Å². The first-order valence-corrected chi connectivity index (χ1v) is 11.0. The van der Waals surface area contributed by atoms with Crippen molar-refractivity contribution in [2.75, 3.05) is 5.32 Å². The van der Waals surface area contributed by atoms with Gasteiger partial charge in [-0.2, -0.15) is 13.2 Å². The average Bonchev–Trinajstić information content (AvgIpc) is 2.81. The Labute approximate surface area is 217 Å². The zero-order valence-electron chi connectivity index (χ0n) is 17.9. The van der Waals surface area contributed by atoms with E-state index in [1.54, 1.807) is 12.1 Å². The number of nitrogens with two attached hydrogens (primary N) is 1. The Balaban J connectivity index is 1.98. The monoisotopic (exact) mass is 555 g/mol. The lowest BCUT2D eigenvalue weighted by molar-refractivity contribution is -0.0925. The van der Waals surface area contributed by atoms with Crippen LogP contribution >= 0.6 is 34.8 Å². The van der Waals surface area contributed by atoms with Crippen molar-refractivity contribution in [3.05, 3.63) is 104 Å². The molecular weight excluding hydrogens is 542 g/mol. The second kappa shape index (κ2) is 11.0. The zero-order valence-corrected chi connectivity index (χ0v) is 20.2. The van der Waals surface area contributed by atoms with Gasteiger partial charge in [0.05, 0.1) is 32.2 Å². The van der Waals surface area contributed by atoms with Crippen LogP contribution in [0, 0.1) is 0 Å². The Morgan fingerprint density at radius 3 is 2.06 bits per heavy atom. The Bertz CT molecular complexity index is 1390. The molecule has 0 aliphatic carbocycles. The predicted octanol–water partition coefficient (Wildman–Crippen LogP) is 7.12. The Morgan fingerprint density at radius 1 is 0.889 bits per heavy atom. The van der Waals surface area contributed by atoms with Crippen molar-refractivity contribution in [1.82, 2.24) is 0 Å². The number of amides is 1. The number of anilines is 1. The van der Waals surface area contributed by atoms with E-state index in [0.717, 1.165) is 0 Å². The Kier molecular flexibility index (Phi) is 8.29. The highest BCUT2D eigenvalue weighted by atomic mass is 35.5. The molecule has 3 aromatic rings. The number of aromatic carboxylic acids is 1. The molecule has 1 amide bonds. The van der Waals surface area contributed by atoms with Crippen LogP contribution in [0.2, 0.25) is 15.1 Å². The number of rotatable bonds is 6. The van der Waals surface area contributed by atoms with E-state index < -0.39 is 29.3 Å². The molecule has 0 fully saturated rings. The van der Waals surface area contributed by atoms with Gasteiger partial charge in [-0.05, 0) is 42.5 Å². The number of hydrogen-bond donors (Lipinski definition) is 3. The number of carbonyl (C=O) groups is 2. The summed E-state index contributed by atoms with van der Waals surface area (Å²) in [5, 5.41) is 11.8. The maximum atomic E-state index is 13.1. The summed E-state index contributed by atoms with van der Waals surface area (Å²) in [5.41, 5.74) is 3.52. The van der Waals surface area contributed by atoms with Crippen LogP contribution in [0.5, 0.6) is 0 Å². The van der Waals surface area contributed by atoms with E-state index in [1.807, 2.05) is 0 Å². The number of carboxylic acids is 1. The minimum absolute atomic E-state index is 0.0518. The van der Waals surface area contributed by atoms with Gasteiger partial charge in [0.2, 0.25) is 0 Å². The molecule has 0 aromatic heterocycles. The number of benzene rings is 3. The number of nitrogens with one attached hydrogen (secondary N) is 1. The lowest BCUT2D eigenvalue weighted by atomic mass is 10.1. The molecule has 3 rings (SSSR count). The van der Waals surface area contributed by atoms with E-state index in [2.05, 4.69) is 10.3 Å². The molecule has 0 aliphatic rings. The van der Waals surface area contributed by atoms with E-state index >= 15 is 0 Å². The predicted molar refractivity (Wildman–Crippen MR) is 134 cm³/mol. The number of hydrogen-bond acceptors (Lipinski definition) is 4. The topological polar surface area (TPSA) is 105 Å². The normalized spacial score (nSPS) is 12.4. The fourth-order valence-corrected chi connectivity index (χ4v) is 3.56. The Hall–Kier alpha value is -3.53. The first-order chi connectivity index (χ1) is 16.9. The fraction of sp³-hybridized carbons (Fsp3) is 0.0417. The molecule has 4 N–H and O–H groups in total. The molecule has 0 saturated heterocycles. The minimum atomic E-state index is -4.79. The van der Waals surface area contributed by atoms with Crippen molar-refractivity contribution >= 4 is 63.8 Å². The molecule has 36 heavy (non-hydrogen) atoms. The molecular formula is C24H15Cl3F3N3O3. The van der Waals surface area contributed by atoms with E-state index in [4.69, 9.17) is 40.5 Å².